The van der Waals surface area contributed by atoms with E-state index in [2.05, 4.69) is 15.6 Å². The Bertz CT molecular complexity index is 1430. The zero-order chi connectivity index (χ0) is 34.4. The monoisotopic (exact) mass is 669 g/mol. The van der Waals surface area contributed by atoms with Crippen molar-refractivity contribution in [2.45, 2.75) is 63.1 Å². The molecule has 15 heteroatoms. The van der Waals surface area contributed by atoms with Gasteiger partial charge in [0.15, 0.2) is 0 Å². The summed E-state index contributed by atoms with van der Waals surface area (Å²) in [7, 11) is 1.43. The molecule has 256 valence electrons. The molecule has 0 saturated carbocycles. The molecule has 47 heavy (non-hydrogen) atoms. The summed E-state index contributed by atoms with van der Waals surface area (Å²) in [5, 5.41) is 14.6. The van der Waals surface area contributed by atoms with Crippen molar-refractivity contribution >= 4 is 29.1 Å². The zero-order valence-corrected chi connectivity index (χ0v) is 25.7. The van der Waals surface area contributed by atoms with Gasteiger partial charge in [0, 0.05) is 55.9 Å². The number of halogens is 6. The number of hydrogen-bond acceptors (Lipinski definition) is 6. The van der Waals surface area contributed by atoms with Crippen LogP contribution in [0.25, 0.3) is 0 Å². The van der Waals surface area contributed by atoms with Crippen LogP contribution in [0.3, 0.4) is 0 Å². The van der Waals surface area contributed by atoms with Crippen LogP contribution < -0.4 is 15.5 Å². The standard InChI is InChI=1S/C32H37F6N5O4/c1-42-25-10-6-5-9-24(25)26(20-7-3-2-4-8-20)40-27(30(42)47)41-29(46)23(12-16-32(36,37)38)22(11-15-31(33,34)35)28(45)39-19-43-17-13-21(44)14-18-43/h2-10,21-23,27,44H,11-19H2,1H3,(H,39,45)(H,41,46)/t22-,23+,27-/m1/s1. The molecule has 3 atom stereocenters. The second-order valence-corrected chi connectivity index (χ2v) is 11.7. The Morgan fingerprint density at radius 1 is 0.894 bits per heavy atom. The fraction of sp³-hybridized carbons (Fsp3) is 0.500. The molecule has 9 nitrogen and oxygen atoms in total. The number of nitrogens with one attached hydrogen (secondary N) is 2. The predicted molar refractivity (Wildman–Crippen MR) is 161 cm³/mol. The Morgan fingerprint density at radius 2 is 1.45 bits per heavy atom. The van der Waals surface area contributed by atoms with E-state index in [0.717, 1.165) is 0 Å². The minimum absolute atomic E-state index is 0.128. The van der Waals surface area contributed by atoms with E-state index in [1.807, 2.05) is 0 Å². The van der Waals surface area contributed by atoms with Crippen LogP contribution in [0.5, 0.6) is 0 Å². The average Bonchev–Trinajstić information content (AvgIpc) is 3.12. The number of rotatable bonds is 11. The van der Waals surface area contributed by atoms with Gasteiger partial charge in [0.1, 0.15) is 0 Å². The first-order valence-corrected chi connectivity index (χ1v) is 15.2. The number of benzene rings is 2. The van der Waals surface area contributed by atoms with Crippen molar-refractivity contribution in [1.29, 1.82) is 0 Å². The van der Waals surface area contributed by atoms with Gasteiger partial charge in [0.05, 0.1) is 24.2 Å². The van der Waals surface area contributed by atoms with Crippen LogP contribution in [0, 0.1) is 11.8 Å². The molecule has 1 fully saturated rings. The van der Waals surface area contributed by atoms with Crippen LogP contribution in [-0.4, -0.2) is 84.9 Å². The molecule has 0 aromatic heterocycles. The molecule has 3 amide bonds. The number of likely N-dealkylation sites (N-methyl/N-ethyl adjacent to an activating group) is 1. The normalized spacial score (nSPS) is 19.3. The Labute approximate surface area is 268 Å². The third kappa shape index (κ3) is 10.0. The van der Waals surface area contributed by atoms with E-state index in [1.165, 1.54) is 11.9 Å². The Balaban J connectivity index is 1.66. The molecule has 2 aromatic rings. The number of hydrogen-bond donors (Lipinski definition) is 3. The van der Waals surface area contributed by atoms with Gasteiger partial charge in [-0.3, -0.25) is 19.3 Å². The highest BCUT2D eigenvalue weighted by Crippen LogP contribution is 2.34. The van der Waals surface area contributed by atoms with E-state index in [-0.39, 0.29) is 6.67 Å². The van der Waals surface area contributed by atoms with Crippen molar-refractivity contribution in [2.24, 2.45) is 16.8 Å². The Morgan fingerprint density at radius 3 is 2.04 bits per heavy atom. The van der Waals surface area contributed by atoms with Crippen LogP contribution in [0.2, 0.25) is 0 Å². The molecular weight excluding hydrogens is 632 g/mol. The van der Waals surface area contributed by atoms with Gasteiger partial charge in [-0.1, -0.05) is 48.5 Å². The Kier molecular flexibility index (Phi) is 11.7. The minimum Gasteiger partial charge on any atom is -0.393 e. The van der Waals surface area contributed by atoms with Crippen molar-refractivity contribution in [1.82, 2.24) is 15.5 Å². The number of aliphatic hydroxyl groups excluding tert-OH is 1. The maximum absolute atomic E-state index is 13.8. The van der Waals surface area contributed by atoms with Gasteiger partial charge in [0.2, 0.25) is 18.0 Å². The van der Waals surface area contributed by atoms with Gasteiger partial charge in [0.25, 0.3) is 5.91 Å². The summed E-state index contributed by atoms with van der Waals surface area (Å²) < 4.78 is 80.4. The maximum atomic E-state index is 13.8. The number of aliphatic hydroxyl groups is 1. The van der Waals surface area contributed by atoms with Crippen LogP contribution in [0.1, 0.15) is 49.7 Å². The molecule has 4 rings (SSSR count). The second kappa shape index (κ2) is 15.3. The first kappa shape index (κ1) is 35.9. The predicted octanol–water partition coefficient (Wildman–Crippen LogP) is 4.39. The van der Waals surface area contributed by atoms with Gasteiger partial charge in [-0.2, -0.15) is 26.3 Å². The number of fused-ring (bicyclic) bond motifs is 1. The number of likely N-dealkylation sites (tertiary alicyclic amines) is 1. The molecule has 0 radical (unpaired) electrons. The molecule has 0 spiro atoms. The highest BCUT2D eigenvalue weighted by molar-refractivity contribution is 6.20. The summed E-state index contributed by atoms with van der Waals surface area (Å²) in [6, 6.07) is 15.4. The maximum Gasteiger partial charge on any atom is 0.389 e. The lowest BCUT2D eigenvalue weighted by atomic mass is 9.83. The molecule has 1 saturated heterocycles. The van der Waals surface area contributed by atoms with Crippen molar-refractivity contribution in [2.75, 3.05) is 31.7 Å². The van der Waals surface area contributed by atoms with Gasteiger partial charge < -0.3 is 20.6 Å². The van der Waals surface area contributed by atoms with Crippen LogP contribution >= 0.6 is 0 Å². The van der Waals surface area contributed by atoms with Crippen molar-refractivity contribution in [3.05, 3.63) is 65.7 Å². The van der Waals surface area contributed by atoms with Gasteiger partial charge in [-0.25, -0.2) is 4.99 Å². The molecule has 3 N–H and O–H groups in total. The SMILES string of the molecule is CN1C(=O)[C@@H](NC(=O)[C@@H](CCC(F)(F)F)[C@@H](CCC(F)(F)F)C(=O)NCN2CCC(O)CC2)N=C(c2ccccc2)c2ccccc21. The summed E-state index contributed by atoms with van der Waals surface area (Å²) in [4.78, 5) is 48.2. The molecule has 2 aliphatic rings. The van der Waals surface area contributed by atoms with E-state index in [9.17, 15) is 45.8 Å². The lowest BCUT2D eigenvalue weighted by molar-refractivity contribution is -0.153. The van der Waals surface area contributed by atoms with Crippen LogP contribution in [0.4, 0.5) is 32.0 Å². The number of aliphatic imine (C=N–C) groups is 1. The topological polar surface area (TPSA) is 114 Å². The molecule has 0 bridgehead atoms. The lowest BCUT2D eigenvalue weighted by Gasteiger charge is -2.31. The molecule has 2 aromatic carbocycles. The molecule has 0 aliphatic carbocycles. The van der Waals surface area contributed by atoms with Crippen LogP contribution in [0.15, 0.2) is 59.6 Å². The van der Waals surface area contributed by atoms with E-state index in [1.54, 1.807) is 59.5 Å². The molecular formula is C32H37F6N5O4. The van der Waals surface area contributed by atoms with Gasteiger partial charge in [-0.05, 0) is 31.7 Å². The smallest absolute Gasteiger partial charge is 0.389 e. The van der Waals surface area contributed by atoms with Crippen molar-refractivity contribution in [3.63, 3.8) is 0 Å². The first-order valence-electron chi connectivity index (χ1n) is 15.2. The second-order valence-electron chi connectivity index (χ2n) is 11.7. The number of amides is 3. The van der Waals surface area contributed by atoms with Gasteiger partial charge in [-0.15, -0.1) is 0 Å². The molecule has 2 aliphatic heterocycles. The van der Waals surface area contributed by atoms with E-state index in [0.29, 0.717) is 48.5 Å². The number of nitrogens with zero attached hydrogens (tertiary/aromatic N) is 3. The quantitative estimate of drug-likeness (QED) is 0.308. The third-order valence-corrected chi connectivity index (χ3v) is 8.34. The summed E-state index contributed by atoms with van der Waals surface area (Å²) >= 11 is 0. The number of carbonyl (C=O) groups excluding carboxylic acids is 3. The molecule has 0 unspecified atom stereocenters. The first-order chi connectivity index (χ1) is 22.1. The van der Waals surface area contributed by atoms with E-state index >= 15 is 0 Å². The fourth-order valence-corrected chi connectivity index (χ4v) is 5.75. The summed E-state index contributed by atoms with van der Waals surface area (Å²) in [5.41, 5.74) is 1.85. The van der Waals surface area contributed by atoms with Gasteiger partial charge >= 0.3 is 12.4 Å². The zero-order valence-electron chi connectivity index (χ0n) is 25.7. The lowest BCUT2D eigenvalue weighted by Crippen LogP contribution is -2.51. The largest absolute Gasteiger partial charge is 0.393 e. The third-order valence-electron chi connectivity index (χ3n) is 8.34. The Hall–Kier alpha value is -3.98. The number of anilines is 1. The number of benzodiazepines with no additional fused rings is 1. The fourth-order valence-electron chi connectivity index (χ4n) is 5.75. The highest BCUT2D eigenvalue weighted by atomic mass is 19.4. The van der Waals surface area contributed by atoms with Crippen molar-refractivity contribution in [3.8, 4) is 0 Å². The minimum atomic E-state index is -4.78. The summed E-state index contributed by atoms with van der Waals surface area (Å²) in [6.07, 6.45) is -15.9. The van der Waals surface area contributed by atoms with Crippen molar-refractivity contribution < 1.29 is 45.8 Å². The number of para-hydroxylation sites is 1. The highest BCUT2D eigenvalue weighted by Gasteiger charge is 2.42. The number of piperidine rings is 1. The van der Waals surface area contributed by atoms with E-state index < -0.39 is 79.9 Å². The average molecular weight is 670 g/mol. The van der Waals surface area contributed by atoms with Crippen LogP contribution in [-0.2, 0) is 14.4 Å². The summed E-state index contributed by atoms with van der Waals surface area (Å²) in [6.45, 7) is 0.638. The molecule has 2 heterocycles. The van der Waals surface area contributed by atoms with E-state index in [4.69, 9.17) is 0 Å². The summed E-state index contributed by atoms with van der Waals surface area (Å²) in [5.74, 6) is -6.64. The number of alkyl halides is 6. The number of carbonyl (C=O) groups is 3.